The van der Waals surface area contributed by atoms with Gasteiger partial charge >= 0.3 is 0 Å². The Bertz CT molecular complexity index is 318. The fourth-order valence-electron chi connectivity index (χ4n) is 1.01. The number of H-pyrrole nitrogens is 1. The predicted octanol–water partition coefficient (Wildman–Crippen LogP) is 0.367. The van der Waals surface area contributed by atoms with Gasteiger partial charge in [-0.3, -0.25) is 4.79 Å². The van der Waals surface area contributed by atoms with Crippen LogP contribution < -0.4 is 16.9 Å². The van der Waals surface area contributed by atoms with E-state index in [4.69, 9.17) is 11.5 Å². The number of nitrogens with two attached hydrogens (primary N) is 2. The highest BCUT2D eigenvalue weighted by molar-refractivity contribution is 5.38. The maximum Gasteiger partial charge on any atom is 0.209 e. The SMILES string of the molecule is CC[C@H](N)c1c[nH]cc(N)c1=O. The van der Waals surface area contributed by atoms with E-state index < -0.39 is 0 Å². The molecule has 0 aliphatic carbocycles. The first-order valence-corrected chi connectivity index (χ1v) is 3.88. The summed E-state index contributed by atoms with van der Waals surface area (Å²) in [5, 5.41) is 0. The Kier molecular flexibility index (Phi) is 2.50. The molecule has 1 heterocycles. The summed E-state index contributed by atoms with van der Waals surface area (Å²) in [6, 6.07) is -0.225. The Morgan fingerprint density at radius 3 is 2.83 bits per heavy atom. The maximum atomic E-state index is 11.3. The number of aromatic nitrogens is 1. The molecule has 0 amide bonds. The van der Waals surface area contributed by atoms with Crippen LogP contribution in [0.25, 0.3) is 0 Å². The minimum Gasteiger partial charge on any atom is -0.394 e. The predicted molar refractivity (Wildman–Crippen MR) is 48.7 cm³/mol. The van der Waals surface area contributed by atoms with Gasteiger partial charge in [0.1, 0.15) is 0 Å². The first kappa shape index (κ1) is 8.80. The van der Waals surface area contributed by atoms with Gasteiger partial charge in [-0.05, 0) is 6.42 Å². The van der Waals surface area contributed by atoms with E-state index in [9.17, 15) is 4.79 Å². The monoisotopic (exact) mass is 167 g/mol. The highest BCUT2D eigenvalue weighted by Crippen LogP contribution is 2.08. The van der Waals surface area contributed by atoms with Gasteiger partial charge in [0.2, 0.25) is 5.43 Å². The van der Waals surface area contributed by atoms with Crippen LogP contribution in [0.4, 0.5) is 5.69 Å². The third-order valence-electron chi connectivity index (χ3n) is 1.84. The molecule has 0 unspecified atom stereocenters. The summed E-state index contributed by atoms with van der Waals surface area (Å²) in [6.07, 6.45) is 3.80. The zero-order valence-electron chi connectivity index (χ0n) is 7.00. The Balaban J connectivity index is 3.17. The van der Waals surface area contributed by atoms with Crippen LogP contribution in [-0.2, 0) is 0 Å². The fourth-order valence-corrected chi connectivity index (χ4v) is 1.01. The summed E-state index contributed by atoms with van der Waals surface area (Å²) in [6.45, 7) is 1.92. The maximum absolute atomic E-state index is 11.3. The van der Waals surface area contributed by atoms with Gasteiger partial charge in [0.15, 0.2) is 0 Å². The summed E-state index contributed by atoms with van der Waals surface area (Å²) in [5.74, 6) is 0. The first-order valence-electron chi connectivity index (χ1n) is 3.88. The van der Waals surface area contributed by atoms with Crippen molar-refractivity contribution in [2.45, 2.75) is 19.4 Å². The second kappa shape index (κ2) is 3.40. The van der Waals surface area contributed by atoms with Crippen LogP contribution in [0.5, 0.6) is 0 Å². The van der Waals surface area contributed by atoms with E-state index >= 15 is 0 Å². The fraction of sp³-hybridized carbons (Fsp3) is 0.375. The topological polar surface area (TPSA) is 84.9 Å². The smallest absolute Gasteiger partial charge is 0.209 e. The summed E-state index contributed by atoms with van der Waals surface area (Å²) < 4.78 is 0. The molecule has 66 valence electrons. The number of nitrogens with one attached hydrogen (secondary N) is 1. The minimum atomic E-state index is -0.225. The summed E-state index contributed by atoms with van der Waals surface area (Å²) >= 11 is 0. The van der Waals surface area contributed by atoms with E-state index in [0.717, 1.165) is 6.42 Å². The molecule has 1 aromatic heterocycles. The van der Waals surface area contributed by atoms with E-state index in [1.54, 1.807) is 6.20 Å². The third-order valence-corrected chi connectivity index (χ3v) is 1.84. The lowest BCUT2D eigenvalue weighted by Crippen LogP contribution is -2.21. The molecule has 1 rings (SSSR count). The van der Waals surface area contributed by atoms with Crippen LogP contribution in [-0.4, -0.2) is 4.98 Å². The lowest BCUT2D eigenvalue weighted by molar-refractivity contribution is 0.690. The highest BCUT2D eigenvalue weighted by atomic mass is 16.1. The molecule has 0 aromatic carbocycles. The van der Waals surface area contributed by atoms with Crippen molar-refractivity contribution in [2.75, 3.05) is 5.73 Å². The number of hydrogen-bond acceptors (Lipinski definition) is 3. The van der Waals surface area contributed by atoms with E-state index in [0.29, 0.717) is 5.56 Å². The lowest BCUT2D eigenvalue weighted by atomic mass is 10.1. The van der Waals surface area contributed by atoms with Gasteiger partial charge in [-0.25, -0.2) is 0 Å². The molecular formula is C8H13N3O. The lowest BCUT2D eigenvalue weighted by Gasteiger charge is -2.07. The van der Waals surface area contributed by atoms with Crippen LogP contribution in [0.3, 0.4) is 0 Å². The molecule has 12 heavy (non-hydrogen) atoms. The molecular weight excluding hydrogens is 154 g/mol. The van der Waals surface area contributed by atoms with Gasteiger partial charge in [-0.2, -0.15) is 0 Å². The van der Waals surface area contributed by atoms with Crippen molar-refractivity contribution in [3.05, 3.63) is 28.2 Å². The van der Waals surface area contributed by atoms with Gasteiger partial charge in [0, 0.05) is 24.0 Å². The van der Waals surface area contributed by atoms with Crippen LogP contribution in [0, 0.1) is 0 Å². The molecule has 0 spiro atoms. The van der Waals surface area contributed by atoms with Crippen molar-refractivity contribution in [3.63, 3.8) is 0 Å². The second-order valence-corrected chi connectivity index (χ2v) is 2.71. The summed E-state index contributed by atoms with van der Waals surface area (Å²) in [5.41, 5.74) is 11.7. The largest absolute Gasteiger partial charge is 0.394 e. The Hall–Kier alpha value is -1.29. The summed E-state index contributed by atoms with van der Waals surface area (Å²) in [4.78, 5) is 14.1. The molecule has 1 atom stereocenters. The van der Waals surface area contributed by atoms with Crippen LogP contribution in [0.2, 0.25) is 0 Å². The van der Waals surface area contributed by atoms with E-state index in [-0.39, 0.29) is 17.2 Å². The molecule has 4 heteroatoms. The number of nitrogen functional groups attached to an aromatic ring is 1. The van der Waals surface area contributed by atoms with Gasteiger partial charge in [0.05, 0.1) is 5.69 Å². The molecule has 0 saturated heterocycles. The zero-order chi connectivity index (χ0) is 9.14. The molecule has 0 aliphatic rings. The Labute approximate surface area is 70.6 Å². The number of anilines is 1. The molecule has 4 nitrogen and oxygen atoms in total. The van der Waals surface area contributed by atoms with Crippen molar-refractivity contribution in [3.8, 4) is 0 Å². The van der Waals surface area contributed by atoms with Crippen molar-refractivity contribution in [1.29, 1.82) is 0 Å². The van der Waals surface area contributed by atoms with E-state index in [1.165, 1.54) is 6.20 Å². The van der Waals surface area contributed by atoms with E-state index in [2.05, 4.69) is 4.98 Å². The van der Waals surface area contributed by atoms with Crippen LogP contribution >= 0.6 is 0 Å². The van der Waals surface area contributed by atoms with Gasteiger partial charge in [-0.15, -0.1) is 0 Å². The minimum absolute atomic E-state index is 0.164. The number of hydrogen-bond donors (Lipinski definition) is 3. The van der Waals surface area contributed by atoms with Crippen molar-refractivity contribution in [1.82, 2.24) is 4.98 Å². The molecule has 0 fully saturated rings. The Morgan fingerprint density at radius 2 is 2.25 bits per heavy atom. The number of pyridine rings is 1. The van der Waals surface area contributed by atoms with E-state index in [1.807, 2.05) is 6.92 Å². The van der Waals surface area contributed by atoms with Gasteiger partial charge in [0.25, 0.3) is 0 Å². The normalized spacial score (nSPS) is 12.8. The van der Waals surface area contributed by atoms with Crippen molar-refractivity contribution < 1.29 is 0 Å². The zero-order valence-corrected chi connectivity index (χ0v) is 7.00. The highest BCUT2D eigenvalue weighted by Gasteiger charge is 2.08. The first-order chi connectivity index (χ1) is 5.66. The molecule has 1 aromatic rings. The molecule has 5 N–H and O–H groups in total. The summed E-state index contributed by atoms with van der Waals surface area (Å²) in [7, 11) is 0. The van der Waals surface area contributed by atoms with Crippen LogP contribution in [0.15, 0.2) is 17.2 Å². The quantitative estimate of drug-likeness (QED) is 0.594. The Morgan fingerprint density at radius 1 is 1.58 bits per heavy atom. The average Bonchev–Trinajstić information content (AvgIpc) is 2.08. The van der Waals surface area contributed by atoms with Crippen LogP contribution in [0.1, 0.15) is 24.9 Å². The molecule has 0 radical (unpaired) electrons. The average molecular weight is 167 g/mol. The molecule has 0 bridgehead atoms. The third kappa shape index (κ3) is 1.48. The molecule has 0 aliphatic heterocycles. The van der Waals surface area contributed by atoms with Gasteiger partial charge < -0.3 is 16.5 Å². The second-order valence-electron chi connectivity index (χ2n) is 2.71. The standard InChI is InChI=1S/C8H13N3O/c1-2-6(9)5-3-11-4-7(10)8(5)12/h3-4,6H,2,9-10H2,1H3,(H,11,12)/t6-/m0/s1. The molecule has 0 saturated carbocycles. The van der Waals surface area contributed by atoms with Crippen molar-refractivity contribution in [2.24, 2.45) is 5.73 Å². The van der Waals surface area contributed by atoms with Gasteiger partial charge in [-0.1, -0.05) is 6.92 Å². The number of rotatable bonds is 2. The number of aromatic amines is 1. The van der Waals surface area contributed by atoms with Crippen molar-refractivity contribution >= 4 is 5.69 Å².